The van der Waals surface area contributed by atoms with Gasteiger partial charge in [-0.15, -0.1) is 0 Å². The summed E-state index contributed by atoms with van der Waals surface area (Å²) in [5, 5.41) is 7.47. The van der Waals surface area contributed by atoms with E-state index in [4.69, 9.17) is 5.26 Å². The first-order valence-electron chi connectivity index (χ1n) is 0.428. The molecule has 0 spiro atoms. The van der Waals surface area contributed by atoms with Crippen LogP contribution in [0.5, 0.6) is 0 Å². The summed E-state index contributed by atoms with van der Waals surface area (Å²) in [5.74, 6) is 0. The third-order valence-corrected chi connectivity index (χ3v) is 0. The Morgan fingerprint density at radius 1 is 2.00 bits per heavy atom. The molecule has 22 valence electrons. The summed E-state index contributed by atoms with van der Waals surface area (Å²) in [4.78, 5) is 0. The molecule has 2 nitrogen and oxygen atoms in total. The van der Waals surface area contributed by atoms with Crippen LogP contribution < -0.4 is 0 Å². The molecular weight excluding hydrogens is 52.8 g/mol. The highest BCUT2D eigenvalue weighted by Crippen LogP contribution is 1.38. The highest BCUT2D eigenvalue weighted by atomic mass is 16.4. The van der Waals surface area contributed by atoms with Gasteiger partial charge in [-0.05, 0) is 0 Å². The molecule has 0 fully saturated rings. The van der Waals surface area contributed by atoms with E-state index < -0.39 is 0 Å². The molecule has 0 N–H and O–H groups in total. The fourth-order valence-corrected chi connectivity index (χ4v) is 0. The zero-order valence-corrected chi connectivity index (χ0v) is 1.36. The zero-order chi connectivity index (χ0) is 3.41. The third kappa shape index (κ3) is 1.35. The molecule has 0 aliphatic rings. The first-order chi connectivity index (χ1) is 1.91. The molecule has 0 aliphatic heterocycles. The van der Waals surface area contributed by atoms with Crippen molar-refractivity contribution in [3.8, 4) is 6.26 Å². The van der Waals surface area contributed by atoms with Gasteiger partial charge in [-0.1, -0.05) is 0 Å². The molecule has 0 aromatic rings. The molecular formula is CH3BNO-. The van der Waals surface area contributed by atoms with Crippen molar-refractivity contribution in [2.24, 2.45) is 0 Å². The minimum Gasteiger partial charge on any atom is -0.658 e. The lowest BCUT2D eigenvalue weighted by Gasteiger charge is -1.75. The quantitative estimate of drug-likeness (QED) is 0.257. The molecule has 0 atom stereocenters. The van der Waals surface area contributed by atoms with Crippen molar-refractivity contribution in [2.75, 3.05) is 0 Å². The van der Waals surface area contributed by atoms with E-state index in [1.165, 1.54) is 0 Å². The van der Waals surface area contributed by atoms with Crippen LogP contribution in [0.15, 0.2) is 0 Å². The summed E-state index contributed by atoms with van der Waals surface area (Å²) in [6.07, 6.45) is 1.54. The van der Waals surface area contributed by atoms with Crippen LogP contribution in [0.2, 0.25) is 0 Å². The minimum absolute atomic E-state index is 0.104. The monoisotopic (exact) mass is 56.0 g/mol. The molecule has 0 aromatic carbocycles. The van der Waals surface area contributed by atoms with Crippen molar-refractivity contribution >= 4 is 8.05 Å². The second-order valence-corrected chi connectivity index (χ2v) is 0.0913. The topological polar surface area (TPSA) is 33.0 Å². The van der Waals surface area contributed by atoms with Gasteiger partial charge >= 0.3 is 0 Å². The lowest BCUT2D eigenvalue weighted by atomic mass is 10.6. The average Bonchev–Trinajstić information content (AvgIpc) is 1.37. The number of hydrogen-bond acceptors (Lipinski definition) is 2. The molecule has 0 bridgehead atoms. The smallest absolute Gasteiger partial charge is 0.232 e. The molecule has 4 heavy (non-hydrogen) atoms. The normalized spacial score (nSPS) is 4.00. The lowest BCUT2D eigenvalue weighted by molar-refractivity contribution is 0.564. The van der Waals surface area contributed by atoms with Crippen molar-refractivity contribution in [1.82, 2.24) is 0 Å². The van der Waals surface area contributed by atoms with Crippen LogP contribution in [-0.2, 0) is 4.65 Å². The van der Waals surface area contributed by atoms with Crippen LogP contribution in [0.25, 0.3) is 0 Å². The van der Waals surface area contributed by atoms with E-state index in [0.29, 0.717) is 0 Å². The SMILES string of the molecule is [BH3-]OC#N. The zero-order valence-electron chi connectivity index (χ0n) is 1.36. The second kappa shape index (κ2) is 2.35. The summed E-state index contributed by atoms with van der Waals surface area (Å²) in [5.41, 5.74) is 0. The second-order valence-electron chi connectivity index (χ2n) is 0.0913. The molecule has 3 heteroatoms. The van der Waals surface area contributed by atoms with Gasteiger partial charge in [-0.2, -0.15) is 5.26 Å². The fourth-order valence-electron chi connectivity index (χ4n) is 0. The fraction of sp³-hybridized carbons (Fsp3) is 0. The summed E-state index contributed by atoms with van der Waals surface area (Å²) in [6, 6.07) is 0. The molecule has 0 amide bonds. The van der Waals surface area contributed by atoms with Crippen LogP contribution in [0.3, 0.4) is 0 Å². The molecule has 0 saturated carbocycles. The molecule has 0 aliphatic carbocycles. The lowest BCUT2D eigenvalue weighted by Crippen LogP contribution is -1.60. The van der Waals surface area contributed by atoms with Gasteiger partial charge < -0.3 is 4.65 Å². The number of nitrogens with zero attached hydrogens (tertiary/aromatic N) is 1. The highest BCUT2D eigenvalue weighted by Gasteiger charge is 1.33. The first kappa shape index (κ1) is 3.35. The molecule has 0 rings (SSSR count). The van der Waals surface area contributed by atoms with Crippen LogP contribution in [-0.4, -0.2) is 8.05 Å². The number of nitriles is 1. The Morgan fingerprint density at radius 3 is 2.25 bits per heavy atom. The van der Waals surface area contributed by atoms with Gasteiger partial charge in [-0.3, -0.25) is 0 Å². The molecule has 0 aromatic heterocycles. The number of hydrogen-bond donors (Lipinski definition) is 0. The standard InChI is InChI=1S/CH3BNO/c2-4-1-3/h2H3/q-1. The molecule has 0 heterocycles. The Bertz CT molecular complexity index is 37.8. The maximum Gasteiger partial charge on any atom is 0.232 e. The third-order valence-electron chi connectivity index (χ3n) is 0. The maximum absolute atomic E-state index is 7.47. The molecule has 0 unspecified atom stereocenters. The van der Waals surface area contributed by atoms with E-state index in [9.17, 15) is 0 Å². The van der Waals surface area contributed by atoms with E-state index in [0.717, 1.165) is 0 Å². The van der Waals surface area contributed by atoms with E-state index in [1.807, 2.05) is 0 Å². The van der Waals surface area contributed by atoms with Gasteiger partial charge in [0.05, 0.1) is 0 Å². The van der Waals surface area contributed by atoms with Gasteiger partial charge in [-0.25, -0.2) is 0 Å². The van der Waals surface area contributed by atoms with Crippen LogP contribution in [0.1, 0.15) is 0 Å². The Labute approximate surface area is 25.4 Å². The summed E-state index contributed by atoms with van der Waals surface area (Å²) in [7, 11) is -0.104. The number of rotatable bonds is 0. The minimum atomic E-state index is -0.104. The van der Waals surface area contributed by atoms with Crippen molar-refractivity contribution < 1.29 is 4.65 Å². The van der Waals surface area contributed by atoms with E-state index in [1.54, 1.807) is 6.26 Å². The van der Waals surface area contributed by atoms with Crippen LogP contribution in [0.4, 0.5) is 0 Å². The Balaban J connectivity index is 2.43. The highest BCUT2D eigenvalue weighted by molar-refractivity contribution is 5.98. The van der Waals surface area contributed by atoms with E-state index >= 15 is 0 Å². The first-order valence-corrected chi connectivity index (χ1v) is 0.428. The summed E-state index contributed by atoms with van der Waals surface area (Å²) >= 11 is 0. The Hall–Kier alpha value is -0.645. The van der Waals surface area contributed by atoms with Crippen molar-refractivity contribution in [1.29, 1.82) is 5.26 Å². The van der Waals surface area contributed by atoms with Crippen molar-refractivity contribution in [3.05, 3.63) is 0 Å². The average molecular weight is 55.9 g/mol. The largest absolute Gasteiger partial charge is 0.658 e. The summed E-state index contributed by atoms with van der Waals surface area (Å²) in [6.45, 7) is 0. The molecule has 0 radical (unpaired) electrons. The van der Waals surface area contributed by atoms with Crippen LogP contribution in [0, 0.1) is 11.5 Å². The predicted molar refractivity (Wildman–Crippen MR) is 16.6 cm³/mol. The van der Waals surface area contributed by atoms with Crippen LogP contribution >= 0.6 is 0 Å². The van der Waals surface area contributed by atoms with Gasteiger partial charge in [0.25, 0.3) is 0 Å². The Morgan fingerprint density at radius 2 is 2.25 bits per heavy atom. The van der Waals surface area contributed by atoms with Gasteiger partial charge in [0, 0.05) is 0 Å². The van der Waals surface area contributed by atoms with Crippen molar-refractivity contribution in [2.45, 2.75) is 0 Å². The maximum atomic E-state index is 7.47. The van der Waals surface area contributed by atoms with Gasteiger partial charge in [0.15, 0.2) is 0 Å². The van der Waals surface area contributed by atoms with Crippen molar-refractivity contribution in [3.63, 3.8) is 0 Å². The Kier molecular flexibility index (Phi) is 1.98. The van der Waals surface area contributed by atoms with Gasteiger partial charge in [0.2, 0.25) is 6.26 Å². The predicted octanol–water partition coefficient (Wildman–Crippen LogP) is -1.24. The van der Waals surface area contributed by atoms with E-state index in [2.05, 4.69) is 4.65 Å². The summed E-state index contributed by atoms with van der Waals surface area (Å²) < 4.78 is 4.10. The molecule has 0 saturated heterocycles. The van der Waals surface area contributed by atoms with Gasteiger partial charge in [0.1, 0.15) is 8.05 Å². The van der Waals surface area contributed by atoms with E-state index in [-0.39, 0.29) is 8.05 Å².